The van der Waals surface area contributed by atoms with Gasteiger partial charge >= 0.3 is 0 Å². The van der Waals surface area contributed by atoms with E-state index in [0.29, 0.717) is 18.8 Å². The van der Waals surface area contributed by atoms with E-state index in [9.17, 15) is 14.0 Å². The van der Waals surface area contributed by atoms with Crippen molar-refractivity contribution in [2.24, 2.45) is 5.92 Å². The highest BCUT2D eigenvalue weighted by Gasteiger charge is 2.23. The molecule has 136 valence electrons. The summed E-state index contributed by atoms with van der Waals surface area (Å²) in [7, 11) is 0. The number of amides is 2. The monoisotopic (exact) mass is 374 g/mol. The molecule has 0 bridgehead atoms. The molecular weight excluding hydrogens is 355 g/mol. The van der Waals surface area contributed by atoms with Crippen LogP contribution in [0.3, 0.4) is 0 Å². The molecule has 0 saturated heterocycles. The third-order valence-corrected chi connectivity index (χ3v) is 4.79. The van der Waals surface area contributed by atoms with E-state index in [1.165, 1.54) is 18.2 Å². The van der Waals surface area contributed by atoms with Gasteiger partial charge in [-0.1, -0.05) is 37.6 Å². The van der Waals surface area contributed by atoms with Crippen LogP contribution >= 0.6 is 11.6 Å². The van der Waals surface area contributed by atoms with Crippen molar-refractivity contribution in [3.8, 4) is 0 Å². The summed E-state index contributed by atoms with van der Waals surface area (Å²) in [4.78, 5) is 26.4. The lowest BCUT2D eigenvalue weighted by molar-refractivity contribution is -0.135. The molecule has 0 saturated carbocycles. The van der Waals surface area contributed by atoms with Gasteiger partial charge in [-0.25, -0.2) is 4.39 Å². The van der Waals surface area contributed by atoms with Gasteiger partial charge in [0.05, 0.1) is 10.6 Å². The summed E-state index contributed by atoms with van der Waals surface area (Å²) in [5.41, 5.74) is 2.51. The fraction of sp³-hybridized carbons (Fsp3) is 0.300. The first-order valence-electron chi connectivity index (χ1n) is 8.52. The SMILES string of the molecule is CC(C)C(=O)N1CCc2ccc(NC(=O)c3c(F)cccc3Cl)cc2C1. The third-order valence-electron chi connectivity index (χ3n) is 4.47. The molecular formula is C20H20ClFN2O2. The molecule has 1 aliphatic heterocycles. The number of benzene rings is 2. The smallest absolute Gasteiger partial charge is 0.260 e. The number of carbonyl (C=O) groups excluding carboxylic acids is 2. The van der Waals surface area contributed by atoms with Gasteiger partial charge in [-0.15, -0.1) is 0 Å². The van der Waals surface area contributed by atoms with Crippen LogP contribution in [0.1, 0.15) is 35.3 Å². The molecule has 3 rings (SSSR count). The van der Waals surface area contributed by atoms with E-state index >= 15 is 0 Å². The Morgan fingerprint density at radius 3 is 2.65 bits per heavy atom. The quantitative estimate of drug-likeness (QED) is 0.872. The minimum Gasteiger partial charge on any atom is -0.338 e. The molecule has 1 N–H and O–H groups in total. The van der Waals surface area contributed by atoms with Gasteiger partial charge in [-0.05, 0) is 41.8 Å². The summed E-state index contributed by atoms with van der Waals surface area (Å²) in [6.07, 6.45) is 0.779. The molecule has 0 aromatic heterocycles. The van der Waals surface area contributed by atoms with E-state index in [1.807, 2.05) is 30.9 Å². The van der Waals surface area contributed by atoms with Crippen LogP contribution in [-0.2, 0) is 17.8 Å². The fourth-order valence-corrected chi connectivity index (χ4v) is 3.35. The van der Waals surface area contributed by atoms with Crippen LogP contribution in [-0.4, -0.2) is 23.3 Å². The first-order chi connectivity index (χ1) is 12.4. The molecule has 2 aromatic rings. The average molecular weight is 375 g/mol. The molecule has 0 fully saturated rings. The summed E-state index contributed by atoms with van der Waals surface area (Å²) in [6, 6.07) is 9.68. The number of anilines is 1. The largest absolute Gasteiger partial charge is 0.338 e. The highest BCUT2D eigenvalue weighted by atomic mass is 35.5. The van der Waals surface area contributed by atoms with E-state index in [4.69, 9.17) is 11.6 Å². The van der Waals surface area contributed by atoms with Gasteiger partial charge in [-0.2, -0.15) is 0 Å². The van der Waals surface area contributed by atoms with Crippen molar-refractivity contribution in [2.75, 3.05) is 11.9 Å². The zero-order valence-electron chi connectivity index (χ0n) is 14.7. The molecule has 1 heterocycles. The van der Waals surface area contributed by atoms with Crippen LogP contribution in [0.15, 0.2) is 36.4 Å². The molecule has 6 heteroatoms. The highest BCUT2D eigenvalue weighted by Crippen LogP contribution is 2.25. The van der Waals surface area contributed by atoms with Crippen LogP contribution in [0.4, 0.5) is 10.1 Å². The zero-order valence-corrected chi connectivity index (χ0v) is 15.4. The first-order valence-corrected chi connectivity index (χ1v) is 8.90. The van der Waals surface area contributed by atoms with Gasteiger partial charge in [0, 0.05) is 24.7 Å². The van der Waals surface area contributed by atoms with Crippen LogP contribution < -0.4 is 5.32 Å². The lowest BCUT2D eigenvalue weighted by Crippen LogP contribution is -2.38. The molecule has 2 amide bonds. The van der Waals surface area contributed by atoms with Gasteiger partial charge in [0.2, 0.25) is 5.91 Å². The Kier molecular flexibility index (Phi) is 5.28. The molecule has 4 nitrogen and oxygen atoms in total. The topological polar surface area (TPSA) is 49.4 Å². The van der Waals surface area contributed by atoms with Crippen LogP contribution in [0.2, 0.25) is 5.02 Å². The van der Waals surface area contributed by atoms with E-state index in [2.05, 4.69) is 5.32 Å². The summed E-state index contributed by atoms with van der Waals surface area (Å²) in [5.74, 6) is -1.20. The van der Waals surface area contributed by atoms with Crippen molar-refractivity contribution < 1.29 is 14.0 Å². The Balaban J connectivity index is 1.80. The van der Waals surface area contributed by atoms with E-state index in [1.54, 1.807) is 6.07 Å². The van der Waals surface area contributed by atoms with E-state index in [0.717, 1.165) is 17.5 Å². The second-order valence-electron chi connectivity index (χ2n) is 6.70. The van der Waals surface area contributed by atoms with E-state index < -0.39 is 11.7 Å². The predicted molar refractivity (Wildman–Crippen MR) is 99.8 cm³/mol. The van der Waals surface area contributed by atoms with Gasteiger partial charge in [-0.3, -0.25) is 9.59 Å². The number of hydrogen-bond acceptors (Lipinski definition) is 2. The van der Waals surface area contributed by atoms with Crippen LogP contribution in [0.5, 0.6) is 0 Å². The minimum absolute atomic E-state index is 0.0531. The Morgan fingerprint density at radius 1 is 1.19 bits per heavy atom. The van der Waals surface area contributed by atoms with Crippen LogP contribution in [0, 0.1) is 11.7 Å². The average Bonchev–Trinajstić information content (AvgIpc) is 2.60. The number of halogens is 2. The Bertz CT molecular complexity index is 847. The van der Waals surface area contributed by atoms with Gasteiger partial charge in [0.1, 0.15) is 5.82 Å². The molecule has 0 atom stereocenters. The van der Waals surface area contributed by atoms with Crippen molar-refractivity contribution in [2.45, 2.75) is 26.8 Å². The summed E-state index contributed by atoms with van der Waals surface area (Å²) < 4.78 is 13.9. The van der Waals surface area contributed by atoms with Crippen LogP contribution in [0.25, 0.3) is 0 Å². The summed E-state index contributed by atoms with van der Waals surface area (Å²) in [6.45, 7) is 4.97. The molecule has 0 radical (unpaired) electrons. The lowest BCUT2D eigenvalue weighted by Gasteiger charge is -2.30. The standard InChI is InChI=1S/C20H20ClFN2O2/c1-12(2)20(26)24-9-8-13-6-7-15(10-14(13)11-24)23-19(25)18-16(21)4-3-5-17(18)22/h3-7,10,12H,8-9,11H2,1-2H3,(H,23,25). The second-order valence-corrected chi connectivity index (χ2v) is 7.11. The lowest BCUT2D eigenvalue weighted by atomic mass is 9.98. The normalized spacial score (nSPS) is 13.5. The number of rotatable bonds is 3. The van der Waals surface area contributed by atoms with Crippen molar-refractivity contribution in [1.29, 1.82) is 0 Å². The molecule has 0 aliphatic carbocycles. The minimum atomic E-state index is -0.665. The first kappa shape index (κ1) is 18.4. The maximum absolute atomic E-state index is 13.9. The Labute approximate surface area is 157 Å². The number of fused-ring (bicyclic) bond motifs is 1. The molecule has 1 aliphatic rings. The molecule has 26 heavy (non-hydrogen) atoms. The number of hydrogen-bond donors (Lipinski definition) is 1. The maximum atomic E-state index is 13.9. The summed E-state index contributed by atoms with van der Waals surface area (Å²) in [5, 5.41) is 2.75. The molecule has 0 unspecified atom stereocenters. The van der Waals surface area contributed by atoms with Gasteiger partial charge in [0.15, 0.2) is 0 Å². The Hall–Kier alpha value is -2.40. The third kappa shape index (κ3) is 3.73. The van der Waals surface area contributed by atoms with Gasteiger partial charge < -0.3 is 10.2 Å². The molecule has 2 aromatic carbocycles. The fourth-order valence-electron chi connectivity index (χ4n) is 3.10. The van der Waals surface area contributed by atoms with Crippen molar-refractivity contribution >= 4 is 29.1 Å². The van der Waals surface area contributed by atoms with Crippen molar-refractivity contribution in [3.63, 3.8) is 0 Å². The number of nitrogens with zero attached hydrogens (tertiary/aromatic N) is 1. The Morgan fingerprint density at radius 2 is 1.96 bits per heavy atom. The van der Waals surface area contributed by atoms with Gasteiger partial charge in [0.25, 0.3) is 5.91 Å². The predicted octanol–water partition coefficient (Wildman–Crippen LogP) is 4.27. The van der Waals surface area contributed by atoms with E-state index in [-0.39, 0.29) is 22.4 Å². The molecule has 0 spiro atoms. The van der Waals surface area contributed by atoms with Crippen molar-refractivity contribution in [1.82, 2.24) is 4.90 Å². The number of carbonyl (C=O) groups is 2. The second kappa shape index (κ2) is 7.46. The zero-order chi connectivity index (χ0) is 18.8. The number of nitrogens with one attached hydrogen (secondary N) is 1. The maximum Gasteiger partial charge on any atom is 0.260 e. The summed E-state index contributed by atoms with van der Waals surface area (Å²) >= 11 is 5.94. The highest BCUT2D eigenvalue weighted by molar-refractivity contribution is 6.34. The van der Waals surface area contributed by atoms with Crippen molar-refractivity contribution in [3.05, 3.63) is 63.9 Å².